The van der Waals surface area contributed by atoms with E-state index in [4.69, 9.17) is 9.47 Å². The molecular weight excluding hydrogens is 403 g/mol. The summed E-state index contributed by atoms with van der Waals surface area (Å²) < 4.78 is 24.5. The Kier molecular flexibility index (Phi) is 6.60. The summed E-state index contributed by atoms with van der Waals surface area (Å²) >= 11 is 0. The number of halogens is 1. The number of ether oxygens (including phenoxy) is 2. The average molecular weight is 428 g/mol. The number of carbonyl (C=O) groups is 2. The van der Waals surface area contributed by atoms with Crippen LogP contribution in [0.3, 0.4) is 0 Å². The first-order valence-electron chi connectivity index (χ1n) is 9.69. The van der Waals surface area contributed by atoms with Gasteiger partial charge >= 0.3 is 0 Å². The number of nitrogens with zero attached hydrogens (tertiary/aromatic N) is 2. The maximum Gasteiger partial charge on any atom is 0.295 e. The Balaban J connectivity index is 2.20. The fourth-order valence-corrected chi connectivity index (χ4v) is 3.58. The van der Waals surface area contributed by atoms with Crippen LogP contribution in [0.2, 0.25) is 0 Å². The van der Waals surface area contributed by atoms with E-state index in [-0.39, 0.29) is 29.2 Å². The van der Waals surface area contributed by atoms with Crippen LogP contribution in [-0.4, -0.2) is 68.0 Å². The van der Waals surface area contributed by atoms with Gasteiger partial charge in [0.15, 0.2) is 0 Å². The van der Waals surface area contributed by atoms with Crippen LogP contribution in [0.15, 0.2) is 48.0 Å². The quantitative estimate of drug-likeness (QED) is 0.415. The number of likely N-dealkylation sites (tertiary alicyclic amines) is 1. The molecule has 1 aliphatic heterocycles. The highest BCUT2D eigenvalue weighted by Crippen LogP contribution is 2.41. The van der Waals surface area contributed by atoms with E-state index in [1.165, 1.54) is 37.3 Å². The molecule has 0 aliphatic carbocycles. The van der Waals surface area contributed by atoms with E-state index in [9.17, 15) is 19.1 Å². The molecule has 1 aliphatic rings. The molecule has 1 saturated heterocycles. The maximum atomic E-state index is 14.0. The van der Waals surface area contributed by atoms with Gasteiger partial charge in [-0.1, -0.05) is 12.1 Å². The number of Topliss-reactive ketones (excluding diaryl/α,β-unsaturated/α-hetero) is 1. The third kappa shape index (κ3) is 4.39. The SMILES string of the molecule is COc1ccc(C(O)=C2C(=O)C(=O)N(CCN(C)C)[C@H]2c2cccc(F)c2)c(OC)c1. The zero-order chi connectivity index (χ0) is 22.7. The Labute approximate surface area is 180 Å². The molecule has 0 spiro atoms. The Morgan fingerprint density at radius 2 is 1.87 bits per heavy atom. The summed E-state index contributed by atoms with van der Waals surface area (Å²) in [4.78, 5) is 29.1. The molecule has 1 atom stereocenters. The molecule has 2 aromatic rings. The molecule has 3 rings (SSSR count). The molecule has 2 aromatic carbocycles. The van der Waals surface area contributed by atoms with Gasteiger partial charge in [0, 0.05) is 19.2 Å². The minimum Gasteiger partial charge on any atom is -0.507 e. The molecule has 164 valence electrons. The van der Waals surface area contributed by atoms with Crippen molar-refractivity contribution in [3.8, 4) is 11.5 Å². The molecule has 0 saturated carbocycles. The van der Waals surface area contributed by atoms with Crippen LogP contribution in [0.25, 0.3) is 5.76 Å². The maximum absolute atomic E-state index is 14.0. The van der Waals surface area contributed by atoms with E-state index in [1.54, 1.807) is 24.3 Å². The normalized spacial score (nSPS) is 18.0. The Bertz CT molecular complexity index is 1030. The molecule has 0 aromatic heterocycles. The minimum absolute atomic E-state index is 0.113. The molecule has 0 bridgehead atoms. The summed E-state index contributed by atoms with van der Waals surface area (Å²) in [6, 6.07) is 9.46. The molecule has 0 radical (unpaired) electrons. The van der Waals surface area contributed by atoms with Crippen LogP contribution in [0.5, 0.6) is 11.5 Å². The molecule has 31 heavy (non-hydrogen) atoms. The highest BCUT2D eigenvalue weighted by atomic mass is 19.1. The van der Waals surface area contributed by atoms with Crippen LogP contribution in [0.4, 0.5) is 4.39 Å². The van der Waals surface area contributed by atoms with Crippen molar-refractivity contribution in [2.24, 2.45) is 0 Å². The summed E-state index contributed by atoms with van der Waals surface area (Å²) in [6.07, 6.45) is 0. The van der Waals surface area contributed by atoms with E-state index >= 15 is 0 Å². The van der Waals surface area contributed by atoms with E-state index in [0.29, 0.717) is 17.9 Å². The van der Waals surface area contributed by atoms with Gasteiger partial charge in [0.05, 0.1) is 31.4 Å². The number of aliphatic hydroxyl groups is 1. The highest BCUT2D eigenvalue weighted by Gasteiger charge is 2.46. The Hall–Kier alpha value is -3.39. The predicted octanol–water partition coefficient (Wildman–Crippen LogP) is 2.83. The van der Waals surface area contributed by atoms with Gasteiger partial charge in [-0.3, -0.25) is 9.59 Å². The van der Waals surface area contributed by atoms with Crippen LogP contribution < -0.4 is 9.47 Å². The van der Waals surface area contributed by atoms with E-state index in [2.05, 4.69) is 0 Å². The second kappa shape index (κ2) is 9.18. The standard InChI is InChI=1S/C23H25FN2O5/c1-25(2)10-11-26-20(14-6-5-7-15(24)12-14)19(22(28)23(26)29)21(27)17-9-8-16(30-3)13-18(17)31-4/h5-9,12-13,20,27H,10-11H2,1-4H3/t20-/m0/s1. The Morgan fingerprint density at radius 3 is 2.48 bits per heavy atom. The van der Waals surface area contributed by atoms with E-state index in [0.717, 1.165) is 0 Å². The number of amides is 1. The monoisotopic (exact) mass is 428 g/mol. The second-order valence-corrected chi connectivity index (χ2v) is 7.42. The highest BCUT2D eigenvalue weighted by molar-refractivity contribution is 6.46. The van der Waals surface area contributed by atoms with Crippen molar-refractivity contribution < 1.29 is 28.6 Å². The molecular formula is C23H25FN2O5. The lowest BCUT2D eigenvalue weighted by molar-refractivity contribution is -0.140. The van der Waals surface area contributed by atoms with Crippen molar-refractivity contribution in [2.75, 3.05) is 41.4 Å². The molecule has 1 fully saturated rings. The molecule has 1 N–H and O–H groups in total. The lowest BCUT2D eigenvalue weighted by Gasteiger charge is -2.26. The summed E-state index contributed by atoms with van der Waals surface area (Å²) in [5, 5.41) is 11.1. The summed E-state index contributed by atoms with van der Waals surface area (Å²) in [6.45, 7) is 0.722. The summed E-state index contributed by atoms with van der Waals surface area (Å²) in [5.41, 5.74) is 0.514. The first-order valence-corrected chi connectivity index (χ1v) is 9.69. The fraction of sp³-hybridized carbons (Fsp3) is 0.304. The van der Waals surface area contributed by atoms with Gasteiger partial charge in [-0.25, -0.2) is 4.39 Å². The number of benzene rings is 2. The number of rotatable bonds is 7. The van der Waals surface area contributed by atoms with Crippen molar-refractivity contribution in [2.45, 2.75) is 6.04 Å². The topological polar surface area (TPSA) is 79.3 Å². The molecule has 1 amide bonds. The van der Waals surface area contributed by atoms with Crippen molar-refractivity contribution in [1.82, 2.24) is 9.80 Å². The summed E-state index contributed by atoms with van der Waals surface area (Å²) in [5.74, 6) is -1.69. The number of carbonyl (C=O) groups excluding carboxylic acids is 2. The summed E-state index contributed by atoms with van der Waals surface area (Å²) in [7, 11) is 6.60. The zero-order valence-corrected chi connectivity index (χ0v) is 17.9. The lowest BCUT2D eigenvalue weighted by Crippen LogP contribution is -2.35. The van der Waals surface area contributed by atoms with E-state index in [1.807, 2.05) is 19.0 Å². The van der Waals surface area contributed by atoms with Gasteiger partial charge in [-0.05, 0) is 43.9 Å². The van der Waals surface area contributed by atoms with Crippen LogP contribution >= 0.6 is 0 Å². The lowest BCUT2D eigenvalue weighted by atomic mass is 9.95. The number of ketones is 1. The molecule has 0 unspecified atom stereocenters. The van der Waals surface area contributed by atoms with Gasteiger partial charge in [-0.2, -0.15) is 0 Å². The van der Waals surface area contributed by atoms with Crippen LogP contribution in [-0.2, 0) is 9.59 Å². The van der Waals surface area contributed by atoms with Gasteiger partial charge in [-0.15, -0.1) is 0 Å². The number of methoxy groups -OCH3 is 2. The van der Waals surface area contributed by atoms with Crippen molar-refractivity contribution in [3.63, 3.8) is 0 Å². The number of likely N-dealkylation sites (N-methyl/N-ethyl adjacent to an activating group) is 1. The third-order valence-electron chi connectivity index (χ3n) is 5.16. The molecule has 7 nitrogen and oxygen atoms in total. The second-order valence-electron chi connectivity index (χ2n) is 7.42. The van der Waals surface area contributed by atoms with Gasteiger partial charge in [0.25, 0.3) is 11.7 Å². The minimum atomic E-state index is -0.928. The smallest absolute Gasteiger partial charge is 0.295 e. The van der Waals surface area contributed by atoms with Crippen molar-refractivity contribution in [3.05, 3.63) is 65.0 Å². The van der Waals surface area contributed by atoms with Crippen molar-refractivity contribution in [1.29, 1.82) is 0 Å². The zero-order valence-electron chi connectivity index (χ0n) is 17.9. The van der Waals surface area contributed by atoms with Crippen molar-refractivity contribution >= 4 is 17.4 Å². The number of hydrogen-bond acceptors (Lipinski definition) is 6. The fourth-order valence-electron chi connectivity index (χ4n) is 3.58. The molecule has 1 heterocycles. The first-order chi connectivity index (χ1) is 14.8. The van der Waals surface area contributed by atoms with Gasteiger partial charge < -0.3 is 24.4 Å². The number of hydrogen-bond donors (Lipinski definition) is 1. The number of aliphatic hydroxyl groups excluding tert-OH is 1. The van der Waals surface area contributed by atoms with Gasteiger partial charge in [0.2, 0.25) is 0 Å². The van der Waals surface area contributed by atoms with Crippen LogP contribution in [0.1, 0.15) is 17.2 Å². The average Bonchev–Trinajstić information content (AvgIpc) is 3.01. The first kappa shape index (κ1) is 22.3. The van der Waals surface area contributed by atoms with Crippen LogP contribution in [0, 0.1) is 5.82 Å². The molecule has 8 heteroatoms. The van der Waals surface area contributed by atoms with E-state index < -0.39 is 23.5 Å². The largest absolute Gasteiger partial charge is 0.507 e. The predicted molar refractivity (Wildman–Crippen MR) is 114 cm³/mol. The third-order valence-corrected chi connectivity index (χ3v) is 5.16. The van der Waals surface area contributed by atoms with Gasteiger partial charge in [0.1, 0.15) is 23.1 Å². The Morgan fingerprint density at radius 1 is 1.13 bits per heavy atom.